The number of rotatable bonds is 10. The van der Waals surface area contributed by atoms with Gasteiger partial charge in [-0.25, -0.2) is 0 Å². The van der Waals surface area contributed by atoms with Crippen LogP contribution in [0.1, 0.15) is 51.9 Å². The number of hydrogen-bond donors (Lipinski definition) is 2. The van der Waals surface area contributed by atoms with Crippen molar-refractivity contribution >= 4 is 0 Å². The zero-order chi connectivity index (χ0) is 15.5. The standard InChI is InChI=1S/C15H27F3N2O/c1-2-14(11-21,19-12-4-5-12)8-3-9-20(13-6-7-13)10-15(16,17)18/h12-13,19,21H,2-11H2,1H3. The largest absolute Gasteiger partial charge is 0.401 e. The normalized spacial score (nSPS) is 22.6. The molecule has 1 unspecified atom stereocenters. The molecule has 0 aliphatic heterocycles. The molecule has 0 spiro atoms. The van der Waals surface area contributed by atoms with Gasteiger partial charge in [-0.2, -0.15) is 13.2 Å². The molecule has 2 rings (SSSR count). The number of aliphatic hydroxyl groups excluding tert-OH is 1. The molecule has 0 heterocycles. The van der Waals surface area contributed by atoms with Gasteiger partial charge >= 0.3 is 6.18 Å². The van der Waals surface area contributed by atoms with E-state index in [1.807, 2.05) is 6.92 Å². The molecule has 0 bridgehead atoms. The summed E-state index contributed by atoms with van der Waals surface area (Å²) in [6.07, 6.45) is 2.17. The fourth-order valence-corrected chi connectivity index (χ4v) is 2.93. The van der Waals surface area contributed by atoms with Crippen molar-refractivity contribution < 1.29 is 18.3 Å². The number of alkyl halides is 3. The molecule has 0 aromatic carbocycles. The summed E-state index contributed by atoms with van der Waals surface area (Å²) in [6.45, 7) is 1.76. The van der Waals surface area contributed by atoms with E-state index in [0.717, 1.165) is 38.5 Å². The van der Waals surface area contributed by atoms with Gasteiger partial charge in [0.25, 0.3) is 0 Å². The first-order chi connectivity index (χ1) is 9.87. The van der Waals surface area contributed by atoms with Crippen LogP contribution in [-0.2, 0) is 0 Å². The quantitative estimate of drug-likeness (QED) is 0.651. The molecular weight excluding hydrogens is 281 g/mol. The molecule has 0 amide bonds. The van der Waals surface area contributed by atoms with E-state index in [9.17, 15) is 18.3 Å². The maximum atomic E-state index is 12.6. The molecule has 0 aromatic rings. The third kappa shape index (κ3) is 5.75. The molecule has 21 heavy (non-hydrogen) atoms. The average molecular weight is 308 g/mol. The van der Waals surface area contributed by atoms with Gasteiger partial charge in [-0.05, 0) is 51.5 Å². The fraction of sp³-hybridized carbons (Fsp3) is 1.00. The second kappa shape index (κ2) is 6.84. The summed E-state index contributed by atoms with van der Waals surface area (Å²) >= 11 is 0. The van der Waals surface area contributed by atoms with Gasteiger partial charge in [0.2, 0.25) is 0 Å². The highest BCUT2D eigenvalue weighted by Crippen LogP contribution is 2.31. The molecule has 124 valence electrons. The van der Waals surface area contributed by atoms with Crippen LogP contribution in [0.2, 0.25) is 0 Å². The first-order valence-electron chi connectivity index (χ1n) is 8.07. The van der Waals surface area contributed by atoms with Crippen LogP contribution >= 0.6 is 0 Å². The summed E-state index contributed by atoms with van der Waals surface area (Å²) < 4.78 is 37.7. The van der Waals surface area contributed by atoms with Crippen molar-refractivity contribution in [1.82, 2.24) is 10.2 Å². The minimum atomic E-state index is -4.12. The Hall–Kier alpha value is -0.330. The average Bonchev–Trinajstić information content (AvgIpc) is 3.27. The summed E-state index contributed by atoms with van der Waals surface area (Å²) in [7, 11) is 0. The van der Waals surface area contributed by atoms with Crippen molar-refractivity contribution in [2.24, 2.45) is 0 Å². The Morgan fingerprint density at radius 2 is 1.86 bits per heavy atom. The molecule has 2 aliphatic rings. The monoisotopic (exact) mass is 308 g/mol. The molecule has 3 nitrogen and oxygen atoms in total. The van der Waals surface area contributed by atoms with E-state index in [1.54, 1.807) is 4.90 Å². The van der Waals surface area contributed by atoms with E-state index < -0.39 is 12.7 Å². The molecule has 2 aliphatic carbocycles. The Labute approximate surface area is 124 Å². The minimum Gasteiger partial charge on any atom is -0.394 e. The fourth-order valence-electron chi connectivity index (χ4n) is 2.93. The molecule has 2 N–H and O–H groups in total. The Kier molecular flexibility index (Phi) is 5.54. The summed E-state index contributed by atoms with van der Waals surface area (Å²) in [5.41, 5.74) is -0.311. The Bertz CT molecular complexity index is 323. The van der Waals surface area contributed by atoms with Crippen molar-refractivity contribution in [3.05, 3.63) is 0 Å². The molecular formula is C15H27F3N2O. The van der Waals surface area contributed by atoms with E-state index in [1.165, 1.54) is 0 Å². The zero-order valence-electron chi connectivity index (χ0n) is 12.8. The smallest absolute Gasteiger partial charge is 0.394 e. The van der Waals surface area contributed by atoms with Crippen LogP contribution in [0.25, 0.3) is 0 Å². The van der Waals surface area contributed by atoms with Gasteiger partial charge in [-0.1, -0.05) is 6.92 Å². The highest BCUT2D eigenvalue weighted by molar-refractivity contribution is 4.95. The Morgan fingerprint density at radius 1 is 1.19 bits per heavy atom. The van der Waals surface area contributed by atoms with E-state index in [4.69, 9.17) is 0 Å². The number of hydrogen-bond acceptors (Lipinski definition) is 3. The lowest BCUT2D eigenvalue weighted by molar-refractivity contribution is -0.147. The number of nitrogens with one attached hydrogen (secondary N) is 1. The highest BCUT2D eigenvalue weighted by Gasteiger charge is 2.38. The van der Waals surface area contributed by atoms with Crippen LogP contribution in [0.5, 0.6) is 0 Å². The second-order valence-corrected chi connectivity index (χ2v) is 6.63. The molecule has 0 radical (unpaired) electrons. The van der Waals surface area contributed by atoms with E-state index in [0.29, 0.717) is 19.0 Å². The third-order valence-electron chi connectivity index (χ3n) is 4.61. The molecule has 0 saturated heterocycles. The van der Waals surface area contributed by atoms with Crippen LogP contribution < -0.4 is 5.32 Å². The van der Waals surface area contributed by atoms with Gasteiger partial charge in [-0.3, -0.25) is 4.90 Å². The van der Waals surface area contributed by atoms with Crippen molar-refractivity contribution in [3.63, 3.8) is 0 Å². The van der Waals surface area contributed by atoms with Crippen LogP contribution in [0, 0.1) is 0 Å². The third-order valence-corrected chi connectivity index (χ3v) is 4.61. The number of aliphatic hydroxyl groups is 1. The van der Waals surface area contributed by atoms with Crippen LogP contribution in [0.3, 0.4) is 0 Å². The molecule has 1 atom stereocenters. The van der Waals surface area contributed by atoms with Crippen molar-refractivity contribution in [2.45, 2.75) is 75.7 Å². The summed E-state index contributed by atoms with van der Waals surface area (Å²) in [6, 6.07) is 0.611. The van der Waals surface area contributed by atoms with Gasteiger partial charge in [0.05, 0.1) is 13.2 Å². The first-order valence-corrected chi connectivity index (χ1v) is 8.07. The van der Waals surface area contributed by atoms with Crippen molar-refractivity contribution in [2.75, 3.05) is 19.7 Å². The highest BCUT2D eigenvalue weighted by atomic mass is 19.4. The maximum Gasteiger partial charge on any atom is 0.401 e. The maximum absolute atomic E-state index is 12.6. The predicted molar refractivity (Wildman–Crippen MR) is 76.1 cm³/mol. The Balaban J connectivity index is 1.79. The molecule has 0 aromatic heterocycles. The van der Waals surface area contributed by atoms with E-state index >= 15 is 0 Å². The Morgan fingerprint density at radius 3 is 2.29 bits per heavy atom. The van der Waals surface area contributed by atoms with Crippen LogP contribution in [0.4, 0.5) is 13.2 Å². The minimum absolute atomic E-state index is 0.0582. The van der Waals surface area contributed by atoms with Gasteiger partial charge in [0.1, 0.15) is 0 Å². The molecule has 6 heteroatoms. The number of halogens is 3. The lowest BCUT2D eigenvalue weighted by Crippen LogP contribution is -2.49. The van der Waals surface area contributed by atoms with Crippen LogP contribution in [0.15, 0.2) is 0 Å². The van der Waals surface area contributed by atoms with E-state index in [2.05, 4.69) is 5.32 Å². The van der Waals surface area contributed by atoms with Gasteiger partial charge in [0.15, 0.2) is 0 Å². The first kappa shape index (κ1) is 17.0. The zero-order valence-corrected chi connectivity index (χ0v) is 12.8. The molecule has 2 saturated carbocycles. The van der Waals surface area contributed by atoms with Crippen molar-refractivity contribution in [3.8, 4) is 0 Å². The second-order valence-electron chi connectivity index (χ2n) is 6.63. The number of nitrogens with zero attached hydrogens (tertiary/aromatic N) is 1. The predicted octanol–water partition coefficient (Wildman–Crippen LogP) is 2.69. The van der Waals surface area contributed by atoms with Gasteiger partial charge in [0, 0.05) is 17.6 Å². The summed E-state index contributed by atoms with van der Waals surface area (Å²) in [4.78, 5) is 1.56. The molecule has 2 fully saturated rings. The van der Waals surface area contributed by atoms with E-state index in [-0.39, 0.29) is 18.2 Å². The van der Waals surface area contributed by atoms with Gasteiger partial charge in [-0.15, -0.1) is 0 Å². The van der Waals surface area contributed by atoms with Crippen LogP contribution in [-0.4, -0.2) is 53.5 Å². The topological polar surface area (TPSA) is 35.5 Å². The lowest BCUT2D eigenvalue weighted by atomic mass is 9.91. The summed E-state index contributed by atoms with van der Waals surface area (Å²) in [5.74, 6) is 0. The SMILES string of the molecule is CCC(CO)(CCCN(CC(F)(F)F)C1CC1)NC1CC1. The summed E-state index contributed by atoms with van der Waals surface area (Å²) in [5, 5.41) is 13.2. The lowest BCUT2D eigenvalue weighted by Gasteiger charge is -2.33. The van der Waals surface area contributed by atoms with Crippen molar-refractivity contribution in [1.29, 1.82) is 0 Å². The van der Waals surface area contributed by atoms with Gasteiger partial charge < -0.3 is 10.4 Å².